The number of hydrogen-bond acceptors (Lipinski definition) is 4. The monoisotopic (exact) mass is 325 g/mol. The van der Waals surface area contributed by atoms with Gasteiger partial charge in [-0.1, -0.05) is 0 Å². The minimum atomic E-state index is -0.883. The Balaban J connectivity index is 1.92. The molecule has 4 aromatic rings. The standard InChI is InChI=1S/C16H12FN5O2/c17-9-3-10-11(6-20-15(10)19-4-9)13-7-22(2-1-14(23)24)16-12(13)5-18-8-21-16/h3-8H,1-2H2,(H,19,20)(H,23,24). The van der Waals surface area contributed by atoms with Crippen LogP contribution in [0.4, 0.5) is 4.39 Å². The highest BCUT2D eigenvalue weighted by atomic mass is 19.1. The van der Waals surface area contributed by atoms with Crippen LogP contribution in [-0.2, 0) is 11.3 Å². The number of aromatic nitrogens is 5. The number of halogens is 1. The Morgan fingerprint density at radius 3 is 2.96 bits per heavy atom. The molecule has 0 bridgehead atoms. The van der Waals surface area contributed by atoms with Gasteiger partial charge >= 0.3 is 5.97 Å². The Morgan fingerprint density at radius 1 is 1.25 bits per heavy atom. The third-order valence-electron chi connectivity index (χ3n) is 3.89. The second kappa shape index (κ2) is 5.41. The largest absolute Gasteiger partial charge is 0.481 e. The van der Waals surface area contributed by atoms with Crippen molar-refractivity contribution in [3.63, 3.8) is 0 Å². The van der Waals surface area contributed by atoms with E-state index in [9.17, 15) is 9.18 Å². The van der Waals surface area contributed by atoms with E-state index < -0.39 is 11.8 Å². The van der Waals surface area contributed by atoms with Crippen LogP contribution in [0.2, 0.25) is 0 Å². The van der Waals surface area contributed by atoms with Gasteiger partial charge in [-0.25, -0.2) is 19.3 Å². The van der Waals surface area contributed by atoms with Crippen LogP contribution in [0.3, 0.4) is 0 Å². The second-order valence-corrected chi connectivity index (χ2v) is 5.39. The summed E-state index contributed by atoms with van der Waals surface area (Å²) >= 11 is 0. The quantitative estimate of drug-likeness (QED) is 0.601. The minimum Gasteiger partial charge on any atom is -0.481 e. The van der Waals surface area contributed by atoms with Crippen LogP contribution in [0.15, 0.2) is 37.2 Å². The van der Waals surface area contributed by atoms with E-state index >= 15 is 0 Å². The summed E-state index contributed by atoms with van der Waals surface area (Å²) in [5, 5.41) is 10.3. The maximum atomic E-state index is 13.6. The molecule has 0 saturated carbocycles. The number of aromatic amines is 1. The highest BCUT2D eigenvalue weighted by Gasteiger charge is 2.16. The van der Waals surface area contributed by atoms with Crippen LogP contribution >= 0.6 is 0 Å². The molecule has 0 fully saturated rings. The van der Waals surface area contributed by atoms with E-state index in [-0.39, 0.29) is 13.0 Å². The third kappa shape index (κ3) is 2.28. The third-order valence-corrected chi connectivity index (χ3v) is 3.89. The van der Waals surface area contributed by atoms with E-state index in [0.29, 0.717) is 16.7 Å². The van der Waals surface area contributed by atoms with Crippen LogP contribution in [0.25, 0.3) is 33.2 Å². The molecule has 4 rings (SSSR count). The van der Waals surface area contributed by atoms with Crippen molar-refractivity contribution in [1.82, 2.24) is 24.5 Å². The molecule has 4 aromatic heterocycles. The maximum absolute atomic E-state index is 13.6. The summed E-state index contributed by atoms with van der Waals surface area (Å²) in [5.41, 5.74) is 2.79. The molecule has 24 heavy (non-hydrogen) atoms. The molecule has 7 nitrogen and oxygen atoms in total. The number of fused-ring (bicyclic) bond motifs is 2. The molecule has 0 radical (unpaired) electrons. The highest BCUT2D eigenvalue weighted by Crippen LogP contribution is 2.34. The predicted octanol–water partition coefficient (Wildman–Crippen LogP) is 2.59. The fourth-order valence-corrected chi connectivity index (χ4v) is 2.83. The summed E-state index contributed by atoms with van der Waals surface area (Å²) in [6.45, 7) is 0.289. The molecule has 0 aromatic carbocycles. The SMILES string of the molecule is O=C(O)CCn1cc(-c2c[nH]c3ncc(F)cc23)c2cncnc21. The van der Waals surface area contributed by atoms with Gasteiger partial charge in [0.25, 0.3) is 0 Å². The number of hydrogen-bond donors (Lipinski definition) is 2. The predicted molar refractivity (Wildman–Crippen MR) is 84.8 cm³/mol. The molecule has 0 spiro atoms. The van der Waals surface area contributed by atoms with E-state index in [1.54, 1.807) is 17.0 Å². The average Bonchev–Trinajstić information content (AvgIpc) is 3.13. The number of pyridine rings is 1. The van der Waals surface area contributed by atoms with Gasteiger partial charge < -0.3 is 14.7 Å². The molecule has 4 heterocycles. The lowest BCUT2D eigenvalue weighted by Crippen LogP contribution is -2.03. The summed E-state index contributed by atoms with van der Waals surface area (Å²) in [6, 6.07) is 1.42. The molecule has 0 amide bonds. The van der Waals surface area contributed by atoms with E-state index in [0.717, 1.165) is 22.7 Å². The Bertz CT molecular complexity index is 1070. The molecule has 120 valence electrons. The Kier molecular flexibility index (Phi) is 3.23. The van der Waals surface area contributed by atoms with Crippen molar-refractivity contribution < 1.29 is 14.3 Å². The molecular weight excluding hydrogens is 313 g/mol. The number of aryl methyl sites for hydroxylation is 1. The Hall–Kier alpha value is -3.29. The number of nitrogens with zero attached hydrogens (tertiary/aromatic N) is 4. The molecule has 0 unspecified atom stereocenters. The van der Waals surface area contributed by atoms with Crippen molar-refractivity contribution in [2.75, 3.05) is 0 Å². The van der Waals surface area contributed by atoms with E-state index in [4.69, 9.17) is 5.11 Å². The zero-order valence-corrected chi connectivity index (χ0v) is 12.4. The molecule has 8 heteroatoms. The number of carbonyl (C=O) groups is 1. The van der Waals surface area contributed by atoms with Gasteiger partial charge in [0.05, 0.1) is 12.6 Å². The first kappa shape index (κ1) is 14.3. The zero-order chi connectivity index (χ0) is 16.7. The lowest BCUT2D eigenvalue weighted by atomic mass is 10.1. The average molecular weight is 325 g/mol. The lowest BCUT2D eigenvalue weighted by Gasteiger charge is -2.00. The van der Waals surface area contributed by atoms with Gasteiger partial charge in [0, 0.05) is 47.0 Å². The lowest BCUT2D eigenvalue weighted by molar-refractivity contribution is -0.137. The molecule has 0 aliphatic heterocycles. The zero-order valence-electron chi connectivity index (χ0n) is 12.4. The number of aliphatic carboxylic acids is 1. The summed E-state index contributed by atoms with van der Waals surface area (Å²) in [5.74, 6) is -1.31. The van der Waals surface area contributed by atoms with Gasteiger partial charge in [-0.05, 0) is 6.07 Å². The smallest absolute Gasteiger partial charge is 0.305 e. The van der Waals surface area contributed by atoms with E-state index in [2.05, 4.69) is 19.9 Å². The minimum absolute atomic E-state index is 0.0166. The first-order valence-corrected chi connectivity index (χ1v) is 7.27. The Morgan fingerprint density at radius 2 is 2.12 bits per heavy atom. The van der Waals surface area contributed by atoms with Crippen molar-refractivity contribution >= 4 is 28.0 Å². The van der Waals surface area contributed by atoms with Crippen LogP contribution in [0, 0.1) is 5.82 Å². The molecule has 0 atom stereocenters. The molecular formula is C16H12FN5O2. The number of carboxylic acid groups (broad SMARTS) is 1. The van der Waals surface area contributed by atoms with Crippen LogP contribution < -0.4 is 0 Å². The van der Waals surface area contributed by atoms with Gasteiger partial charge in [-0.3, -0.25) is 4.79 Å². The van der Waals surface area contributed by atoms with Crippen molar-refractivity contribution in [3.8, 4) is 11.1 Å². The van der Waals surface area contributed by atoms with Gasteiger partial charge in [0.2, 0.25) is 0 Å². The van der Waals surface area contributed by atoms with Gasteiger partial charge in [0.1, 0.15) is 23.4 Å². The first-order valence-electron chi connectivity index (χ1n) is 7.27. The van der Waals surface area contributed by atoms with Crippen molar-refractivity contribution in [3.05, 3.63) is 43.0 Å². The van der Waals surface area contributed by atoms with Crippen LogP contribution in [0.5, 0.6) is 0 Å². The summed E-state index contributed by atoms with van der Waals surface area (Å²) in [7, 11) is 0. The number of H-pyrrole nitrogens is 1. The van der Waals surface area contributed by atoms with Crippen LogP contribution in [0.1, 0.15) is 6.42 Å². The van der Waals surface area contributed by atoms with E-state index in [1.807, 2.05) is 6.20 Å². The highest BCUT2D eigenvalue weighted by molar-refractivity contribution is 6.02. The summed E-state index contributed by atoms with van der Waals surface area (Å²) in [4.78, 5) is 26.2. The fraction of sp³-hybridized carbons (Fsp3) is 0.125. The molecule has 0 aliphatic rings. The fourth-order valence-electron chi connectivity index (χ4n) is 2.83. The van der Waals surface area contributed by atoms with Crippen molar-refractivity contribution in [1.29, 1.82) is 0 Å². The van der Waals surface area contributed by atoms with Gasteiger partial charge in [0.15, 0.2) is 0 Å². The van der Waals surface area contributed by atoms with Gasteiger partial charge in [-0.2, -0.15) is 0 Å². The first-order chi connectivity index (χ1) is 11.6. The number of carboxylic acids is 1. The number of nitrogens with one attached hydrogen (secondary N) is 1. The Labute approximate surface area is 134 Å². The maximum Gasteiger partial charge on any atom is 0.305 e. The topological polar surface area (TPSA) is 96.7 Å². The van der Waals surface area contributed by atoms with E-state index in [1.165, 1.54) is 12.4 Å². The van der Waals surface area contributed by atoms with Gasteiger partial charge in [-0.15, -0.1) is 0 Å². The summed E-state index contributed by atoms with van der Waals surface area (Å²) in [6.07, 6.45) is 7.79. The molecule has 0 saturated heterocycles. The number of rotatable bonds is 4. The van der Waals surface area contributed by atoms with Crippen molar-refractivity contribution in [2.45, 2.75) is 13.0 Å². The van der Waals surface area contributed by atoms with Crippen LogP contribution in [-0.4, -0.2) is 35.6 Å². The normalized spacial score (nSPS) is 11.4. The summed E-state index contributed by atoms with van der Waals surface area (Å²) < 4.78 is 15.3. The van der Waals surface area contributed by atoms with Crippen molar-refractivity contribution in [2.24, 2.45) is 0 Å². The second-order valence-electron chi connectivity index (χ2n) is 5.39. The molecule has 0 aliphatic carbocycles. The molecule has 2 N–H and O–H groups in total.